The van der Waals surface area contributed by atoms with Crippen LogP contribution < -0.4 is 10.1 Å². The molecule has 5 nitrogen and oxygen atoms in total. The van der Waals surface area contributed by atoms with E-state index in [2.05, 4.69) is 5.32 Å². The maximum atomic E-state index is 12.5. The van der Waals surface area contributed by atoms with E-state index in [0.29, 0.717) is 23.0 Å². The van der Waals surface area contributed by atoms with Gasteiger partial charge < -0.3 is 10.1 Å². The Morgan fingerprint density at radius 3 is 3.00 bits per heavy atom. The predicted octanol–water partition coefficient (Wildman–Crippen LogP) is 1.13. The van der Waals surface area contributed by atoms with E-state index < -0.39 is 10.0 Å². The molecular weight excluding hydrogens is 272 g/mol. The molecule has 0 bridgehead atoms. The van der Waals surface area contributed by atoms with Gasteiger partial charge in [-0.05, 0) is 31.3 Å². The summed E-state index contributed by atoms with van der Waals surface area (Å²) < 4.78 is 32.0. The van der Waals surface area contributed by atoms with Crippen LogP contribution in [0.3, 0.4) is 0 Å². The summed E-state index contributed by atoms with van der Waals surface area (Å²) in [6.45, 7) is 1.11. The van der Waals surface area contributed by atoms with E-state index in [9.17, 15) is 8.42 Å². The molecule has 1 atom stereocenters. The van der Waals surface area contributed by atoms with Crippen molar-refractivity contribution in [2.45, 2.75) is 23.1 Å². The summed E-state index contributed by atoms with van der Waals surface area (Å²) in [7, 11) is -0.0563. The van der Waals surface area contributed by atoms with E-state index in [0.717, 1.165) is 12.8 Å². The molecule has 7 heteroatoms. The van der Waals surface area contributed by atoms with E-state index in [1.54, 1.807) is 15.8 Å². The number of thiophene rings is 1. The molecule has 0 aromatic carbocycles. The minimum absolute atomic E-state index is 0.236. The minimum atomic E-state index is -3.42. The van der Waals surface area contributed by atoms with E-state index >= 15 is 0 Å². The number of nitrogens with one attached hydrogen (secondary N) is 1. The van der Waals surface area contributed by atoms with Crippen molar-refractivity contribution in [3.8, 4) is 5.75 Å². The smallest absolute Gasteiger partial charge is 0.256 e. The maximum absolute atomic E-state index is 12.5. The number of piperidine rings is 1. The standard InChI is InChI=1S/C11H18N2O3S2/c1-12-9-4-3-6-13(8-9)18(14,15)11-10(16-2)5-7-17-11/h5,7,9,12H,3-4,6,8H2,1-2H3. The molecule has 1 N–H and O–H groups in total. The van der Waals surface area contributed by atoms with Crippen molar-refractivity contribution < 1.29 is 13.2 Å². The lowest BCUT2D eigenvalue weighted by molar-refractivity contribution is 0.292. The van der Waals surface area contributed by atoms with Gasteiger partial charge in [0.25, 0.3) is 10.0 Å². The Hall–Kier alpha value is -0.630. The summed E-state index contributed by atoms with van der Waals surface area (Å²) in [5.74, 6) is 0.437. The predicted molar refractivity (Wildman–Crippen MR) is 71.7 cm³/mol. The molecule has 0 aliphatic carbocycles. The van der Waals surface area contributed by atoms with Crippen LogP contribution in [0.25, 0.3) is 0 Å². The Morgan fingerprint density at radius 2 is 2.33 bits per heavy atom. The molecule has 18 heavy (non-hydrogen) atoms. The van der Waals surface area contributed by atoms with E-state index in [1.165, 1.54) is 18.4 Å². The zero-order chi connectivity index (χ0) is 13.2. The lowest BCUT2D eigenvalue weighted by Crippen LogP contribution is -2.46. The van der Waals surface area contributed by atoms with Crippen LogP contribution in [-0.4, -0.2) is 46.0 Å². The first kappa shape index (κ1) is 13.8. The van der Waals surface area contributed by atoms with Crippen molar-refractivity contribution in [1.82, 2.24) is 9.62 Å². The second-order valence-electron chi connectivity index (χ2n) is 4.27. The summed E-state index contributed by atoms with van der Waals surface area (Å²) in [6.07, 6.45) is 1.91. The third-order valence-electron chi connectivity index (χ3n) is 3.18. The van der Waals surface area contributed by atoms with Crippen LogP contribution in [0.4, 0.5) is 0 Å². The van der Waals surface area contributed by atoms with Gasteiger partial charge in [-0.1, -0.05) is 0 Å². The molecule has 0 amide bonds. The van der Waals surface area contributed by atoms with Gasteiger partial charge in [-0.2, -0.15) is 4.31 Å². The van der Waals surface area contributed by atoms with Gasteiger partial charge in [-0.3, -0.25) is 0 Å². The average Bonchev–Trinajstić information content (AvgIpc) is 2.88. The fraction of sp³-hybridized carbons (Fsp3) is 0.636. The van der Waals surface area contributed by atoms with Crippen molar-refractivity contribution in [2.24, 2.45) is 0 Å². The number of hydrogen-bond donors (Lipinski definition) is 1. The molecule has 1 aromatic rings. The molecule has 1 unspecified atom stereocenters. The van der Waals surface area contributed by atoms with Crippen LogP contribution in [0.2, 0.25) is 0 Å². The van der Waals surface area contributed by atoms with Crippen LogP contribution in [-0.2, 0) is 10.0 Å². The van der Waals surface area contributed by atoms with Crippen molar-refractivity contribution >= 4 is 21.4 Å². The van der Waals surface area contributed by atoms with Crippen LogP contribution in [0.15, 0.2) is 15.7 Å². The number of likely N-dealkylation sites (N-methyl/N-ethyl adjacent to an activating group) is 1. The summed E-state index contributed by atoms with van der Waals surface area (Å²) in [4.78, 5) is 0. The summed E-state index contributed by atoms with van der Waals surface area (Å²) in [5.41, 5.74) is 0. The molecule has 1 aliphatic heterocycles. The molecular formula is C11H18N2O3S2. The average molecular weight is 290 g/mol. The van der Waals surface area contributed by atoms with Crippen molar-refractivity contribution in [3.05, 3.63) is 11.4 Å². The van der Waals surface area contributed by atoms with Gasteiger partial charge in [0.1, 0.15) is 5.75 Å². The van der Waals surface area contributed by atoms with Crippen LogP contribution in [0, 0.1) is 0 Å². The first-order valence-corrected chi connectivity index (χ1v) is 8.20. The molecule has 102 valence electrons. The zero-order valence-electron chi connectivity index (χ0n) is 10.5. The largest absolute Gasteiger partial charge is 0.494 e. The normalized spacial score (nSPS) is 22.0. The van der Waals surface area contributed by atoms with E-state index in [1.807, 2.05) is 7.05 Å². The molecule has 0 radical (unpaired) electrons. The van der Waals surface area contributed by atoms with Gasteiger partial charge in [-0.15, -0.1) is 11.3 Å². The van der Waals surface area contributed by atoms with Crippen molar-refractivity contribution in [3.63, 3.8) is 0 Å². The first-order valence-electron chi connectivity index (χ1n) is 5.88. The number of hydrogen-bond acceptors (Lipinski definition) is 5. The number of sulfonamides is 1. The Balaban J connectivity index is 2.25. The monoisotopic (exact) mass is 290 g/mol. The zero-order valence-corrected chi connectivity index (χ0v) is 12.2. The topological polar surface area (TPSA) is 58.6 Å². The number of nitrogens with zero attached hydrogens (tertiary/aromatic N) is 1. The molecule has 1 saturated heterocycles. The molecule has 2 heterocycles. The van der Waals surface area contributed by atoms with Gasteiger partial charge in [0.05, 0.1) is 7.11 Å². The molecule has 0 spiro atoms. The van der Waals surface area contributed by atoms with Gasteiger partial charge in [-0.25, -0.2) is 8.42 Å². The highest BCUT2D eigenvalue weighted by molar-refractivity contribution is 7.91. The maximum Gasteiger partial charge on any atom is 0.256 e. The summed E-state index contributed by atoms with van der Waals surface area (Å²) >= 11 is 1.21. The highest BCUT2D eigenvalue weighted by atomic mass is 32.2. The highest BCUT2D eigenvalue weighted by Crippen LogP contribution is 2.33. The van der Waals surface area contributed by atoms with Crippen LogP contribution in [0.5, 0.6) is 5.75 Å². The molecule has 2 rings (SSSR count). The quantitative estimate of drug-likeness (QED) is 0.903. The van der Waals surface area contributed by atoms with Gasteiger partial charge in [0.2, 0.25) is 0 Å². The highest BCUT2D eigenvalue weighted by Gasteiger charge is 2.32. The van der Waals surface area contributed by atoms with Crippen molar-refractivity contribution in [1.29, 1.82) is 0 Å². The van der Waals surface area contributed by atoms with Gasteiger partial charge >= 0.3 is 0 Å². The third-order valence-corrected chi connectivity index (χ3v) is 6.47. The summed E-state index contributed by atoms with van der Waals surface area (Å²) in [6, 6.07) is 1.93. The molecule has 1 aliphatic rings. The molecule has 1 aromatic heterocycles. The second kappa shape index (κ2) is 5.56. The number of methoxy groups -OCH3 is 1. The van der Waals surface area contributed by atoms with Crippen LogP contribution >= 0.6 is 11.3 Å². The fourth-order valence-corrected chi connectivity index (χ4v) is 5.07. The Kier molecular flexibility index (Phi) is 4.26. The second-order valence-corrected chi connectivity index (χ2v) is 7.32. The lowest BCUT2D eigenvalue weighted by Gasteiger charge is -2.31. The Morgan fingerprint density at radius 1 is 1.56 bits per heavy atom. The Labute approximate surface area is 112 Å². The van der Waals surface area contributed by atoms with Crippen molar-refractivity contribution in [2.75, 3.05) is 27.2 Å². The number of ether oxygens (including phenoxy) is 1. The van der Waals surface area contributed by atoms with E-state index in [-0.39, 0.29) is 6.04 Å². The van der Waals surface area contributed by atoms with Crippen LogP contribution in [0.1, 0.15) is 12.8 Å². The Bertz CT molecular complexity index is 498. The molecule has 1 fully saturated rings. The minimum Gasteiger partial charge on any atom is -0.494 e. The van der Waals surface area contributed by atoms with Gasteiger partial charge in [0.15, 0.2) is 4.21 Å². The summed E-state index contributed by atoms with van der Waals surface area (Å²) in [5, 5.41) is 4.89. The SMILES string of the molecule is CNC1CCCN(S(=O)(=O)c2sccc2OC)C1. The first-order chi connectivity index (χ1) is 8.59. The molecule has 0 saturated carbocycles. The number of rotatable bonds is 4. The van der Waals surface area contributed by atoms with Gasteiger partial charge in [0, 0.05) is 19.1 Å². The fourth-order valence-electron chi connectivity index (χ4n) is 2.14. The van der Waals surface area contributed by atoms with E-state index in [4.69, 9.17) is 4.74 Å². The third kappa shape index (κ3) is 2.54. The lowest BCUT2D eigenvalue weighted by atomic mass is 10.1.